The minimum Gasteiger partial charge on any atom is -0.508 e. The van der Waals surface area contributed by atoms with E-state index in [-0.39, 0.29) is 11.7 Å². The van der Waals surface area contributed by atoms with E-state index in [2.05, 4.69) is 5.32 Å². The first-order valence-corrected chi connectivity index (χ1v) is 6.05. The zero-order chi connectivity index (χ0) is 14.7. The van der Waals surface area contributed by atoms with Gasteiger partial charge in [0, 0.05) is 23.5 Å². The first kappa shape index (κ1) is 13.7. The Bertz CT molecular complexity index is 654. The van der Waals surface area contributed by atoms with E-state index in [0.717, 1.165) is 5.56 Å². The highest BCUT2D eigenvalue weighted by Gasteiger charge is 2.13. The van der Waals surface area contributed by atoms with Crippen molar-refractivity contribution in [1.29, 1.82) is 0 Å². The molecule has 20 heavy (non-hydrogen) atoms. The van der Waals surface area contributed by atoms with Crippen molar-refractivity contribution in [2.75, 3.05) is 18.2 Å². The van der Waals surface area contributed by atoms with E-state index in [4.69, 9.17) is 10.5 Å². The molecule has 0 unspecified atom stereocenters. The standard InChI is InChI=1S/C15H16N2O3/c1-9-3-5-11(8-13(9)18)17-15(19)12-6-4-10(16)7-14(12)20-2/h3-8,18H,16H2,1-2H3,(H,17,19). The second-order valence-corrected chi connectivity index (χ2v) is 4.42. The number of aryl methyl sites for hydroxylation is 1. The van der Waals surface area contributed by atoms with Crippen LogP contribution in [0.3, 0.4) is 0 Å². The van der Waals surface area contributed by atoms with Gasteiger partial charge in [-0.3, -0.25) is 4.79 Å². The van der Waals surface area contributed by atoms with E-state index in [0.29, 0.717) is 22.7 Å². The minimum atomic E-state index is -0.329. The third-order valence-corrected chi connectivity index (χ3v) is 2.94. The molecule has 2 rings (SSSR count). The largest absolute Gasteiger partial charge is 0.508 e. The van der Waals surface area contributed by atoms with E-state index in [1.165, 1.54) is 13.2 Å². The second-order valence-electron chi connectivity index (χ2n) is 4.42. The van der Waals surface area contributed by atoms with Crippen molar-refractivity contribution in [2.24, 2.45) is 0 Å². The molecule has 4 N–H and O–H groups in total. The number of anilines is 2. The quantitative estimate of drug-likeness (QED) is 0.750. The van der Waals surface area contributed by atoms with Crippen molar-refractivity contribution in [3.05, 3.63) is 47.5 Å². The molecule has 0 aliphatic heterocycles. The fraction of sp³-hybridized carbons (Fsp3) is 0.133. The Hall–Kier alpha value is -2.69. The molecule has 0 bridgehead atoms. The lowest BCUT2D eigenvalue weighted by atomic mass is 10.1. The van der Waals surface area contributed by atoms with Crippen LogP contribution in [0.15, 0.2) is 36.4 Å². The van der Waals surface area contributed by atoms with Gasteiger partial charge in [0.1, 0.15) is 11.5 Å². The lowest BCUT2D eigenvalue weighted by Gasteiger charge is -2.10. The third-order valence-electron chi connectivity index (χ3n) is 2.94. The summed E-state index contributed by atoms with van der Waals surface area (Å²) in [5.74, 6) is 0.205. The Balaban J connectivity index is 2.25. The molecule has 0 fully saturated rings. The molecule has 0 heterocycles. The zero-order valence-electron chi connectivity index (χ0n) is 11.3. The van der Waals surface area contributed by atoms with E-state index < -0.39 is 0 Å². The number of hydrogen-bond acceptors (Lipinski definition) is 4. The van der Waals surface area contributed by atoms with Gasteiger partial charge in [-0.2, -0.15) is 0 Å². The van der Waals surface area contributed by atoms with Crippen LogP contribution in [0.2, 0.25) is 0 Å². The first-order valence-electron chi connectivity index (χ1n) is 6.05. The summed E-state index contributed by atoms with van der Waals surface area (Å²) in [7, 11) is 1.48. The summed E-state index contributed by atoms with van der Waals surface area (Å²) in [6.45, 7) is 1.78. The van der Waals surface area contributed by atoms with Gasteiger partial charge in [0.05, 0.1) is 12.7 Å². The summed E-state index contributed by atoms with van der Waals surface area (Å²) < 4.78 is 5.14. The number of nitrogen functional groups attached to an aromatic ring is 1. The summed E-state index contributed by atoms with van der Waals surface area (Å²) in [5, 5.41) is 12.3. The number of carbonyl (C=O) groups is 1. The number of phenols is 1. The average Bonchev–Trinajstić information content (AvgIpc) is 2.42. The number of hydrogen-bond donors (Lipinski definition) is 3. The van der Waals surface area contributed by atoms with E-state index >= 15 is 0 Å². The fourth-order valence-corrected chi connectivity index (χ4v) is 1.78. The summed E-state index contributed by atoms with van der Waals surface area (Å²) in [6.07, 6.45) is 0. The zero-order valence-corrected chi connectivity index (χ0v) is 11.3. The smallest absolute Gasteiger partial charge is 0.259 e. The van der Waals surface area contributed by atoms with Crippen LogP contribution in [-0.4, -0.2) is 18.1 Å². The number of rotatable bonds is 3. The van der Waals surface area contributed by atoms with Crippen molar-refractivity contribution in [1.82, 2.24) is 0 Å². The van der Waals surface area contributed by atoms with Gasteiger partial charge in [-0.05, 0) is 30.7 Å². The molecule has 0 saturated carbocycles. The maximum Gasteiger partial charge on any atom is 0.259 e. The van der Waals surface area contributed by atoms with Gasteiger partial charge in [-0.25, -0.2) is 0 Å². The molecule has 1 amide bonds. The van der Waals surface area contributed by atoms with Crippen LogP contribution in [0.4, 0.5) is 11.4 Å². The maximum atomic E-state index is 12.2. The van der Waals surface area contributed by atoms with Gasteiger partial charge >= 0.3 is 0 Å². The lowest BCUT2D eigenvalue weighted by Crippen LogP contribution is -2.13. The Kier molecular flexibility index (Phi) is 3.79. The molecule has 0 atom stereocenters. The van der Waals surface area contributed by atoms with Crippen LogP contribution in [0.1, 0.15) is 15.9 Å². The number of carbonyl (C=O) groups excluding carboxylic acids is 1. The summed E-state index contributed by atoms with van der Waals surface area (Å²) in [4.78, 5) is 12.2. The predicted molar refractivity (Wildman–Crippen MR) is 78.2 cm³/mol. The maximum absolute atomic E-state index is 12.2. The molecular formula is C15H16N2O3. The molecule has 0 aliphatic carbocycles. The molecule has 104 valence electrons. The number of aromatic hydroxyl groups is 1. The Morgan fingerprint density at radius 3 is 2.65 bits per heavy atom. The highest BCUT2D eigenvalue weighted by atomic mass is 16.5. The van der Waals surface area contributed by atoms with Crippen molar-refractivity contribution in [2.45, 2.75) is 6.92 Å². The van der Waals surface area contributed by atoms with Crippen LogP contribution < -0.4 is 15.8 Å². The Labute approximate surface area is 117 Å². The van der Waals surface area contributed by atoms with Crippen molar-refractivity contribution in [3.8, 4) is 11.5 Å². The first-order chi connectivity index (χ1) is 9.51. The second kappa shape index (κ2) is 5.52. The molecule has 2 aromatic carbocycles. The number of phenolic OH excluding ortho intramolecular Hbond substituents is 1. The number of benzene rings is 2. The van der Waals surface area contributed by atoms with Gasteiger partial charge in [0.2, 0.25) is 0 Å². The molecule has 5 heteroatoms. The lowest BCUT2D eigenvalue weighted by molar-refractivity contribution is 0.102. The minimum absolute atomic E-state index is 0.132. The molecule has 2 aromatic rings. The normalized spacial score (nSPS) is 10.1. The predicted octanol–water partition coefficient (Wildman–Crippen LogP) is 2.54. The van der Waals surface area contributed by atoms with Crippen molar-refractivity contribution >= 4 is 17.3 Å². The van der Waals surface area contributed by atoms with Gasteiger partial charge in [-0.1, -0.05) is 6.07 Å². The van der Waals surface area contributed by atoms with Crippen LogP contribution in [-0.2, 0) is 0 Å². The Morgan fingerprint density at radius 2 is 2.00 bits per heavy atom. The van der Waals surface area contributed by atoms with Crippen molar-refractivity contribution < 1.29 is 14.6 Å². The molecule has 0 aliphatic rings. The summed E-state index contributed by atoms with van der Waals surface area (Å²) >= 11 is 0. The topological polar surface area (TPSA) is 84.6 Å². The number of ether oxygens (including phenoxy) is 1. The number of methoxy groups -OCH3 is 1. The Morgan fingerprint density at radius 1 is 1.25 bits per heavy atom. The summed E-state index contributed by atoms with van der Waals surface area (Å²) in [5.41, 5.74) is 7.80. The SMILES string of the molecule is COc1cc(N)ccc1C(=O)Nc1ccc(C)c(O)c1. The van der Waals surface area contributed by atoms with Gasteiger partial charge in [-0.15, -0.1) is 0 Å². The summed E-state index contributed by atoms with van der Waals surface area (Å²) in [6, 6.07) is 9.75. The van der Waals surface area contributed by atoms with Gasteiger partial charge in [0.15, 0.2) is 0 Å². The highest BCUT2D eigenvalue weighted by Crippen LogP contribution is 2.24. The highest BCUT2D eigenvalue weighted by molar-refractivity contribution is 6.06. The van der Waals surface area contributed by atoms with E-state index in [1.807, 2.05) is 0 Å². The fourth-order valence-electron chi connectivity index (χ4n) is 1.78. The third kappa shape index (κ3) is 2.83. The van der Waals surface area contributed by atoms with Crippen molar-refractivity contribution in [3.63, 3.8) is 0 Å². The number of nitrogens with two attached hydrogens (primary N) is 1. The van der Waals surface area contributed by atoms with Gasteiger partial charge < -0.3 is 20.9 Å². The number of amides is 1. The molecule has 0 radical (unpaired) electrons. The van der Waals surface area contributed by atoms with E-state index in [1.54, 1.807) is 37.3 Å². The van der Waals surface area contributed by atoms with Crippen LogP contribution in [0.5, 0.6) is 11.5 Å². The molecule has 0 aromatic heterocycles. The van der Waals surface area contributed by atoms with Crippen LogP contribution in [0, 0.1) is 6.92 Å². The average molecular weight is 272 g/mol. The molecular weight excluding hydrogens is 256 g/mol. The molecule has 0 spiro atoms. The molecule has 0 saturated heterocycles. The van der Waals surface area contributed by atoms with Gasteiger partial charge in [0.25, 0.3) is 5.91 Å². The van der Waals surface area contributed by atoms with Crippen LogP contribution >= 0.6 is 0 Å². The van der Waals surface area contributed by atoms with E-state index in [9.17, 15) is 9.90 Å². The molecule has 5 nitrogen and oxygen atoms in total. The number of nitrogens with one attached hydrogen (secondary N) is 1. The monoisotopic (exact) mass is 272 g/mol. The van der Waals surface area contributed by atoms with Crippen LogP contribution in [0.25, 0.3) is 0 Å².